The minimum absolute atomic E-state index is 0.0421. The van der Waals surface area contributed by atoms with E-state index in [4.69, 9.17) is 9.47 Å². The van der Waals surface area contributed by atoms with E-state index < -0.39 is 0 Å². The van der Waals surface area contributed by atoms with Gasteiger partial charge >= 0.3 is 0 Å². The van der Waals surface area contributed by atoms with E-state index in [1.807, 2.05) is 0 Å². The van der Waals surface area contributed by atoms with E-state index >= 15 is 0 Å². The summed E-state index contributed by atoms with van der Waals surface area (Å²) < 4.78 is 10.6. The summed E-state index contributed by atoms with van der Waals surface area (Å²) in [5.41, 5.74) is 0.409. The van der Waals surface area contributed by atoms with E-state index in [1.54, 1.807) is 6.07 Å². The molecular formula is C10H12O4. The van der Waals surface area contributed by atoms with Crippen LogP contribution in [0.3, 0.4) is 0 Å². The summed E-state index contributed by atoms with van der Waals surface area (Å²) >= 11 is 0. The molecule has 0 saturated carbocycles. The molecule has 0 bridgehead atoms. The molecule has 0 radical (unpaired) electrons. The summed E-state index contributed by atoms with van der Waals surface area (Å²) in [5.74, 6) is 0.0843. The monoisotopic (exact) mass is 196 g/mol. The molecule has 0 amide bonds. The van der Waals surface area contributed by atoms with Crippen molar-refractivity contribution in [1.29, 1.82) is 0 Å². The molecule has 1 aliphatic heterocycles. The van der Waals surface area contributed by atoms with Gasteiger partial charge in [0.25, 0.3) is 0 Å². The molecular weight excluding hydrogens is 184 g/mol. The largest absolute Gasteiger partial charge is 0.507 e. The van der Waals surface area contributed by atoms with Crippen LogP contribution in [-0.2, 0) is 9.47 Å². The standard InChI is InChI=1S/C10H12O4/c11-7-2-1-3-8(12)10(7)9-6-13-4-5-14-9/h1-3,9,11-12H,4-6H2. The van der Waals surface area contributed by atoms with Gasteiger partial charge in [-0.15, -0.1) is 0 Å². The summed E-state index contributed by atoms with van der Waals surface area (Å²) in [6.45, 7) is 1.41. The fourth-order valence-electron chi connectivity index (χ4n) is 1.53. The number of phenolic OH excluding ortho intramolecular Hbond substituents is 2. The third kappa shape index (κ3) is 1.66. The Bertz CT molecular complexity index is 298. The lowest BCUT2D eigenvalue weighted by atomic mass is 10.1. The number of hydrogen-bond donors (Lipinski definition) is 2. The molecule has 76 valence electrons. The average Bonchev–Trinajstić information content (AvgIpc) is 2.19. The van der Waals surface area contributed by atoms with Crippen molar-refractivity contribution in [2.75, 3.05) is 19.8 Å². The summed E-state index contributed by atoms with van der Waals surface area (Å²) in [7, 11) is 0. The Kier molecular flexibility index (Phi) is 2.56. The van der Waals surface area contributed by atoms with Crippen molar-refractivity contribution >= 4 is 0 Å². The number of rotatable bonds is 1. The molecule has 1 unspecified atom stereocenters. The van der Waals surface area contributed by atoms with Crippen LogP contribution in [0.5, 0.6) is 11.5 Å². The normalized spacial score (nSPS) is 22.1. The quantitative estimate of drug-likeness (QED) is 0.708. The van der Waals surface area contributed by atoms with Gasteiger partial charge in [0.05, 0.1) is 25.4 Å². The van der Waals surface area contributed by atoms with Gasteiger partial charge in [0.2, 0.25) is 0 Å². The maximum atomic E-state index is 9.55. The maximum Gasteiger partial charge on any atom is 0.125 e. The summed E-state index contributed by atoms with van der Waals surface area (Å²) in [6, 6.07) is 4.62. The molecule has 1 aromatic rings. The fourth-order valence-corrected chi connectivity index (χ4v) is 1.53. The first-order valence-corrected chi connectivity index (χ1v) is 4.49. The van der Waals surface area contributed by atoms with Crippen molar-refractivity contribution in [2.24, 2.45) is 0 Å². The van der Waals surface area contributed by atoms with Crippen LogP contribution in [0.4, 0.5) is 0 Å². The van der Waals surface area contributed by atoms with Crippen LogP contribution >= 0.6 is 0 Å². The molecule has 0 spiro atoms. The van der Waals surface area contributed by atoms with Gasteiger partial charge in [0, 0.05) is 0 Å². The Labute approximate surface area is 81.7 Å². The lowest BCUT2D eigenvalue weighted by molar-refractivity contribution is -0.0914. The molecule has 0 aliphatic carbocycles. The second-order valence-electron chi connectivity index (χ2n) is 3.14. The Morgan fingerprint density at radius 1 is 1.14 bits per heavy atom. The molecule has 1 heterocycles. The van der Waals surface area contributed by atoms with Crippen molar-refractivity contribution < 1.29 is 19.7 Å². The highest BCUT2D eigenvalue weighted by atomic mass is 16.6. The van der Waals surface area contributed by atoms with Gasteiger partial charge in [0.15, 0.2) is 0 Å². The summed E-state index contributed by atoms with van der Waals surface area (Å²) in [6.07, 6.45) is -0.370. The zero-order chi connectivity index (χ0) is 9.97. The van der Waals surface area contributed by atoms with E-state index in [2.05, 4.69) is 0 Å². The van der Waals surface area contributed by atoms with Crippen molar-refractivity contribution in [3.8, 4) is 11.5 Å². The molecule has 2 rings (SSSR count). The number of hydrogen-bond acceptors (Lipinski definition) is 4. The molecule has 1 aliphatic rings. The lowest BCUT2D eigenvalue weighted by Gasteiger charge is -2.24. The SMILES string of the molecule is Oc1cccc(O)c1C1COCCO1. The molecule has 4 nitrogen and oxygen atoms in total. The van der Waals surface area contributed by atoms with Crippen LogP contribution < -0.4 is 0 Å². The highest BCUT2D eigenvalue weighted by Gasteiger charge is 2.22. The zero-order valence-electron chi connectivity index (χ0n) is 7.64. The third-order valence-corrected chi connectivity index (χ3v) is 2.20. The van der Waals surface area contributed by atoms with E-state index in [-0.39, 0.29) is 17.6 Å². The summed E-state index contributed by atoms with van der Waals surface area (Å²) in [5, 5.41) is 19.1. The smallest absolute Gasteiger partial charge is 0.125 e. The van der Waals surface area contributed by atoms with Gasteiger partial charge in [-0.2, -0.15) is 0 Å². The number of benzene rings is 1. The Balaban J connectivity index is 2.29. The zero-order valence-corrected chi connectivity index (χ0v) is 7.64. The number of aromatic hydroxyl groups is 2. The lowest BCUT2D eigenvalue weighted by Crippen LogP contribution is -2.22. The van der Waals surface area contributed by atoms with Gasteiger partial charge in [-0.3, -0.25) is 0 Å². The van der Waals surface area contributed by atoms with Gasteiger partial charge in [-0.1, -0.05) is 6.07 Å². The topological polar surface area (TPSA) is 58.9 Å². The van der Waals surface area contributed by atoms with Crippen molar-refractivity contribution in [3.63, 3.8) is 0 Å². The Morgan fingerprint density at radius 3 is 2.43 bits per heavy atom. The predicted octanol–water partition coefficient (Wildman–Crippen LogP) is 1.19. The van der Waals surface area contributed by atoms with Gasteiger partial charge in [-0.05, 0) is 12.1 Å². The van der Waals surface area contributed by atoms with Crippen LogP contribution in [0.2, 0.25) is 0 Å². The molecule has 1 atom stereocenters. The van der Waals surface area contributed by atoms with E-state index in [0.717, 1.165) is 0 Å². The molecule has 1 saturated heterocycles. The van der Waals surface area contributed by atoms with Crippen molar-refractivity contribution in [1.82, 2.24) is 0 Å². The van der Waals surface area contributed by atoms with Crippen LogP contribution in [0.25, 0.3) is 0 Å². The molecule has 2 N–H and O–H groups in total. The van der Waals surface area contributed by atoms with Gasteiger partial charge in [0.1, 0.15) is 17.6 Å². The van der Waals surface area contributed by atoms with Gasteiger partial charge < -0.3 is 19.7 Å². The average molecular weight is 196 g/mol. The molecule has 1 fully saturated rings. The van der Waals surface area contributed by atoms with Crippen molar-refractivity contribution in [2.45, 2.75) is 6.10 Å². The van der Waals surface area contributed by atoms with Crippen molar-refractivity contribution in [3.05, 3.63) is 23.8 Å². The fraction of sp³-hybridized carbons (Fsp3) is 0.400. The summed E-state index contributed by atoms with van der Waals surface area (Å²) in [4.78, 5) is 0. The second-order valence-corrected chi connectivity index (χ2v) is 3.14. The highest BCUT2D eigenvalue weighted by molar-refractivity contribution is 5.44. The number of ether oxygens (including phenoxy) is 2. The van der Waals surface area contributed by atoms with Crippen LogP contribution in [0.1, 0.15) is 11.7 Å². The first-order valence-electron chi connectivity index (χ1n) is 4.49. The van der Waals surface area contributed by atoms with E-state index in [9.17, 15) is 10.2 Å². The molecule has 4 heteroatoms. The highest BCUT2D eigenvalue weighted by Crippen LogP contribution is 2.35. The molecule has 14 heavy (non-hydrogen) atoms. The first-order chi connectivity index (χ1) is 6.79. The Morgan fingerprint density at radius 2 is 1.86 bits per heavy atom. The Hall–Kier alpha value is -1.26. The number of phenols is 2. The van der Waals surface area contributed by atoms with E-state index in [0.29, 0.717) is 25.4 Å². The van der Waals surface area contributed by atoms with Crippen LogP contribution in [0, 0.1) is 0 Å². The predicted molar refractivity (Wildman–Crippen MR) is 49.3 cm³/mol. The van der Waals surface area contributed by atoms with Crippen LogP contribution in [0.15, 0.2) is 18.2 Å². The minimum atomic E-state index is -0.370. The van der Waals surface area contributed by atoms with Crippen LogP contribution in [-0.4, -0.2) is 30.0 Å². The minimum Gasteiger partial charge on any atom is -0.507 e. The second kappa shape index (κ2) is 3.86. The van der Waals surface area contributed by atoms with Gasteiger partial charge in [-0.25, -0.2) is 0 Å². The molecule has 0 aromatic heterocycles. The first kappa shape index (κ1) is 9.30. The third-order valence-electron chi connectivity index (χ3n) is 2.20. The maximum absolute atomic E-state index is 9.55. The van der Waals surface area contributed by atoms with E-state index in [1.165, 1.54) is 12.1 Å². The molecule has 1 aromatic carbocycles.